The molecule has 0 aliphatic rings. The third-order valence-electron chi connectivity index (χ3n) is 7.06. The average molecular weight is 605 g/mol. The molecule has 244 valence electrons. The molecule has 44 heavy (non-hydrogen) atoms. The summed E-state index contributed by atoms with van der Waals surface area (Å²) in [5.41, 5.74) is 0. The summed E-state index contributed by atoms with van der Waals surface area (Å²) in [7, 11) is 0. The van der Waals surface area contributed by atoms with E-state index in [1.165, 1.54) is 63.9 Å². The van der Waals surface area contributed by atoms with Crippen LogP contribution in [0.3, 0.4) is 0 Å². The lowest BCUT2D eigenvalue weighted by Crippen LogP contribution is -2.13. The van der Waals surface area contributed by atoms with Gasteiger partial charge in [0.2, 0.25) is 0 Å². The van der Waals surface area contributed by atoms with Crippen molar-refractivity contribution in [2.45, 2.75) is 122 Å². The van der Waals surface area contributed by atoms with Gasteiger partial charge in [-0.3, -0.25) is 4.79 Å². The molecule has 0 heterocycles. The van der Waals surface area contributed by atoms with E-state index in [1.807, 2.05) is 24.3 Å². The number of hydrogen-bond acceptors (Lipinski definition) is 2. The van der Waals surface area contributed by atoms with Gasteiger partial charge in [-0.05, 0) is 64.2 Å². The van der Waals surface area contributed by atoms with Crippen molar-refractivity contribution in [3.63, 3.8) is 0 Å². The van der Waals surface area contributed by atoms with E-state index in [0.29, 0.717) is 0 Å². The van der Waals surface area contributed by atoms with Crippen LogP contribution in [-0.2, 0) is 9.59 Å². The van der Waals surface area contributed by atoms with Crippen molar-refractivity contribution in [3.05, 3.63) is 109 Å². The Bertz CT molecular complexity index is 956. The minimum absolute atomic E-state index is 0.227. The fraction of sp³-hybridized carbons (Fsp3) is 0.500. The molecule has 0 aromatic heterocycles. The number of carboxylic acid groups (broad SMARTS) is 2. The molecular weight excluding hydrogens is 544 g/mol. The summed E-state index contributed by atoms with van der Waals surface area (Å²) < 4.78 is 0. The predicted molar refractivity (Wildman–Crippen MR) is 190 cm³/mol. The molecule has 1 unspecified atom stereocenters. The van der Waals surface area contributed by atoms with Crippen LogP contribution >= 0.6 is 0 Å². The average Bonchev–Trinajstić information content (AvgIpc) is 3.00. The Morgan fingerprint density at radius 1 is 0.477 bits per heavy atom. The molecule has 0 aromatic carbocycles. The van der Waals surface area contributed by atoms with Crippen LogP contribution in [0.15, 0.2) is 109 Å². The Labute approximate surface area is 269 Å². The third kappa shape index (κ3) is 33.1. The molecule has 0 amide bonds. The zero-order chi connectivity index (χ0) is 32.2. The quantitative estimate of drug-likeness (QED) is 0.0385. The van der Waals surface area contributed by atoms with Gasteiger partial charge in [0.15, 0.2) is 0 Å². The first-order valence-electron chi connectivity index (χ1n) is 17.0. The van der Waals surface area contributed by atoms with E-state index >= 15 is 0 Å². The second-order valence-electron chi connectivity index (χ2n) is 11.0. The maximum atomic E-state index is 11.6. The van der Waals surface area contributed by atoms with E-state index in [2.05, 4.69) is 67.7 Å². The highest BCUT2D eigenvalue weighted by molar-refractivity contribution is 5.80. The van der Waals surface area contributed by atoms with Gasteiger partial charge in [-0.2, -0.15) is 0 Å². The second kappa shape index (κ2) is 34.1. The molecule has 0 aliphatic carbocycles. The lowest BCUT2D eigenvalue weighted by molar-refractivity contribution is -0.142. The number of aliphatic carboxylic acids is 2. The minimum atomic E-state index is -0.949. The van der Waals surface area contributed by atoms with Crippen molar-refractivity contribution in [3.8, 4) is 0 Å². The van der Waals surface area contributed by atoms with Crippen molar-refractivity contribution in [2.75, 3.05) is 0 Å². The first kappa shape index (κ1) is 40.6. The standard InChI is InChI=1S/C40H60O4/c1-2-3-4-5-6-7-8-9-10-14-17-20-23-26-29-32-35-38(40(43)44)36-33-30-27-24-21-18-15-12-11-13-16-19-22-25-28-31-34-37-39(41)42/h6-7,9-11,13,16-17,19-20,22,25-26,28-29,31,34,37-38H,2-5,8,12,14-15,18,21,23-24,27,30,32-33,35-36H2,1H3,(H,41,42)(H,43,44). The van der Waals surface area contributed by atoms with Crippen LogP contribution in [0.25, 0.3) is 0 Å². The Balaban J connectivity index is 3.74. The van der Waals surface area contributed by atoms with E-state index in [1.54, 1.807) is 12.2 Å². The molecule has 0 radical (unpaired) electrons. The predicted octanol–water partition coefficient (Wildman–Crippen LogP) is 11.8. The summed E-state index contributed by atoms with van der Waals surface area (Å²) in [6, 6.07) is 0. The van der Waals surface area contributed by atoms with Crippen LogP contribution < -0.4 is 0 Å². The molecule has 0 saturated heterocycles. The van der Waals surface area contributed by atoms with Gasteiger partial charge in [0.1, 0.15) is 0 Å². The molecule has 2 N–H and O–H groups in total. The van der Waals surface area contributed by atoms with E-state index in [9.17, 15) is 14.7 Å². The fourth-order valence-electron chi connectivity index (χ4n) is 4.48. The Morgan fingerprint density at radius 3 is 1.50 bits per heavy atom. The molecule has 4 nitrogen and oxygen atoms in total. The molecular formula is C40H60O4. The molecule has 0 spiro atoms. The Kier molecular flexibility index (Phi) is 31.5. The van der Waals surface area contributed by atoms with Gasteiger partial charge in [-0.15, -0.1) is 0 Å². The van der Waals surface area contributed by atoms with E-state index in [0.717, 1.165) is 63.9 Å². The van der Waals surface area contributed by atoms with E-state index < -0.39 is 11.9 Å². The zero-order valence-corrected chi connectivity index (χ0v) is 27.4. The van der Waals surface area contributed by atoms with Crippen LogP contribution in [0.4, 0.5) is 0 Å². The van der Waals surface area contributed by atoms with Crippen molar-refractivity contribution in [1.29, 1.82) is 0 Å². The highest BCUT2D eigenvalue weighted by Gasteiger charge is 2.15. The number of unbranched alkanes of at least 4 members (excludes halogenated alkanes) is 10. The second-order valence-corrected chi connectivity index (χ2v) is 11.0. The van der Waals surface area contributed by atoms with Crippen LogP contribution in [0.5, 0.6) is 0 Å². The van der Waals surface area contributed by atoms with Gasteiger partial charge in [0, 0.05) is 6.08 Å². The van der Waals surface area contributed by atoms with Crippen LogP contribution in [0.2, 0.25) is 0 Å². The first-order valence-corrected chi connectivity index (χ1v) is 17.0. The van der Waals surface area contributed by atoms with E-state index in [4.69, 9.17) is 5.11 Å². The van der Waals surface area contributed by atoms with Gasteiger partial charge in [-0.25, -0.2) is 4.79 Å². The van der Waals surface area contributed by atoms with Crippen LogP contribution in [0, 0.1) is 5.92 Å². The molecule has 0 aromatic rings. The summed E-state index contributed by atoms with van der Waals surface area (Å²) in [6.45, 7) is 2.23. The Morgan fingerprint density at radius 2 is 0.932 bits per heavy atom. The summed E-state index contributed by atoms with van der Waals surface area (Å²) in [4.78, 5) is 22.0. The molecule has 0 bridgehead atoms. The van der Waals surface area contributed by atoms with Gasteiger partial charge in [0.05, 0.1) is 5.92 Å². The monoisotopic (exact) mass is 604 g/mol. The van der Waals surface area contributed by atoms with Crippen molar-refractivity contribution < 1.29 is 19.8 Å². The van der Waals surface area contributed by atoms with Crippen LogP contribution in [-0.4, -0.2) is 22.2 Å². The summed E-state index contributed by atoms with van der Waals surface area (Å²) >= 11 is 0. The van der Waals surface area contributed by atoms with Crippen molar-refractivity contribution in [1.82, 2.24) is 0 Å². The lowest BCUT2D eigenvalue weighted by Gasteiger charge is -2.10. The highest BCUT2D eigenvalue weighted by Crippen LogP contribution is 2.18. The minimum Gasteiger partial charge on any atom is -0.481 e. The summed E-state index contributed by atoms with van der Waals surface area (Å²) in [5.74, 6) is -1.83. The maximum absolute atomic E-state index is 11.6. The highest BCUT2D eigenvalue weighted by atomic mass is 16.4. The number of carbonyl (C=O) groups is 2. The summed E-state index contributed by atoms with van der Waals surface area (Å²) in [6.07, 6.45) is 55.2. The van der Waals surface area contributed by atoms with Gasteiger partial charge < -0.3 is 10.2 Å². The SMILES string of the molecule is CCCCCC=CCC=CCC=CCC=CCCC(CCCCCCCCCC=CC=CC=CC=CC=CC(=O)O)C(=O)O. The van der Waals surface area contributed by atoms with Crippen molar-refractivity contribution in [2.24, 2.45) is 5.92 Å². The molecule has 0 saturated carbocycles. The normalized spacial score (nSPS) is 13.8. The topological polar surface area (TPSA) is 74.6 Å². The number of hydrogen-bond donors (Lipinski definition) is 2. The maximum Gasteiger partial charge on any atom is 0.328 e. The number of carboxylic acids is 2. The van der Waals surface area contributed by atoms with Crippen molar-refractivity contribution >= 4 is 11.9 Å². The molecule has 0 rings (SSSR count). The lowest BCUT2D eigenvalue weighted by atomic mass is 9.95. The molecule has 1 atom stereocenters. The largest absolute Gasteiger partial charge is 0.481 e. The number of rotatable bonds is 29. The van der Waals surface area contributed by atoms with Gasteiger partial charge in [0.25, 0.3) is 0 Å². The fourth-order valence-corrected chi connectivity index (χ4v) is 4.48. The Hall–Kier alpha value is -3.40. The smallest absolute Gasteiger partial charge is 0.328 e. The number of allylic oxidation sites excluding steroid dienone is 17. The zero-order valence-electron chi connectivity index (χ0n) is 27.4. The summed E-state index contributed by atoms with van der Waals surface area (Å²) in [5, 5.41) is 18.1. The van der Waals surface area contributed by atoms with Crippen LogP contribution in [0.1, 0.15) is 122 Å². The molecule has 0 aliphatic heterocycles. The first-order chi connectivity index (χ1) is 21.6. The molecule has 4 heteroatoms. The third-order valence-corrected chi connectivity index (χ3v) is 7.06. The van der Waals surface area contributed by atoms with E-state index in [-0.39, 0.29) is 5.92 Å². The molecule has 0 fully saturated rings. The van der Waals surface area contributed by atoms with Gasteiger partial charge in [-0.1, -0.05) is 162 Å². The van der Waals surface area contributed by atoms with Gasteiger partial charge >= 0.3 is 11.9 Å².